The number of nitrogens with one attached hydrogen (secondary N) is 1. The summed E-state index contributed by atoms with van der Waals surface area (Å²) in [6.07, 6.45) is -4.81. The van der Waals surface area contributed by atoms with Crippen molar-refractivity contribution in [2.45, 2.75) is 13.1 Å². The third-order valence-electron chi connectivity index (χ3n) is 2.62. The van der Waals surface area contributed by atoms with Gasteiger partial charge in [0.25, 0.3) is 5.69 Å². The van der Waals surface area contributed by atoms with Crippen molar-refractivity contribution < 1.29 is 27.2 Å². The molecule has 1 unspecified atom stereocenters. The van der Waals surface area contributed by atoms with E-state index in [-0.39, 0.29) is 5.56 Å². The molecule has 0 amide bonds. The van der Waals surface area contributed by atoms with Crippen LogP contribution in [0.2, 0.25) is 0 Å². The number of aryl methyl sites for hydroxylation is 1. The number of nitro benzene ring substituents is 1. The summed E-state index contributed by atoms with van der Waals surface area (Å²) in [5, 5.41) is 17.4. The Labute approximate surface area is 116 Å². The molecule has 1 aromatic rings. The van der Waals surface area contributed by atoms with Crippen molar-refractivity contribution in [2.75, 3.05) is 6.61 Å². The van der Waals surface area contributed by atoms with E-state index in [1.807, 2.05) is 0 Å². The van der Waals surface area contributed by atoms with Crippen molar-refractivity contribution in [2.24, 2.45) is 11.7 Å². The van der Waals surface area contributed by atoms with Gasteiger partial charge in [-0.05, 0) is 13.0 Å². The van der Waals surface area contributed by atoms with Crippen LogP contribution in [0.3, 0.4) is 0 Å². The Kier molecular flexibility index (Phi) is 4.71. The van der Waals surface area contributed by atoms with E-state index in [0.717, 1.165) is 6.07 Å². The maximum absolute atomic E-state index is 13.5. The van der Waals surface area contributed by atoms with Crippen LogP contribution in [-0.4, -0.2) is 23.5 Å². The molecule has 1 rings (SSSR count). The Morgan fingerprint density at radius 3 is 2.52 bits per heavy atom. The molecule has 0 aromatic heterocycles. The van der Waals surface area contributed by atoms with Crippen molar-refractivity contribution in [1.82, 2.24) is 0 Å². The summed E-state index contributed by atoms with van der Waals surface area (Å²) < 4.78 is 55.8. The monoisotopic (exact) mass is 309 g/mol. The van der Waals surface area contributed by atoms with Gasteiger partial charge in [-0.2, -0.15) is 13.2 Å². The summed E-state index contributed by atoms with van der Waals surface area (Å²) in [6, 6.07) is 1.47. The maximum Gasteiger partial charge on any atom is 0.401 e. The van der Waals surface area contributed by atoms with Gasteiger partial charge in [-0.15, -0.1) is 0 Å². The zero-order valence-electron chi connectivity index (χ0n) is 10.7. The van der Waals surface area contributed by atoms with E-state index in [0.29, 0.717) is 6.07 Å². The lowest BCUT2D eigenvalue weighted by atomic mass is 10.1. The normalized spacial score (nSPS) is 12.8. The Balaban J connectivity index is 2.96. The number of rotatable bonds is 5. The zero-order valence-corrected chi connectivity index (χ0v) is 10.7. The minimum Gasteiger partial charge on any atom is -0.489 e. The first-order valence-corrected chi connectivity index (χ1v) is 5.52. The molecule has 116 valence electrons. The van der Waals surface area contributed by atoms with Gasteiger partial charge >= 0.3 is 6.18 Å². The van der Waals surface area contributed by atoms with E-state index in [2.05, 4.69) is 4.74 Å². The standard InChI is InChI=1S/C11H11F4N3O3/c1-5-2-9(7(12)3-8(5)18(19)20)21-4-6(10(16)17)11(13,14)15/h2-3,6H,4H2,1H3,(H3,16,17). The topological polar surface area (TPSA) is 102 Å². The summed E-state index contributed by atoms with van der Waals surface area (Å²) >= 11 is 0. The van der Waals surface area contributed by atoms with Gasteiger partial charge in [-0.1, -0.05) is 0 Å². The first-order valence-electron chi connectivity index (χ1n) is 5.52. The number of benzene rings is 1. The highest BCUT2D eigenvalue weighted by atomic mass is 19.4. The van der Waals surface area contributed by atoms with Crippen molar-refractivity contribution >= 4 is 11.5 Å². The lowest BCUT2D eigenvalue weighted by molar-refractivity contribution is -0.385. The molecule has 1 atom stereocenters. The van der Waals surface area contributed by atoms with E-state index >= 15 is 0 Å². The zero-order chi connectivity index (χ0) is 16.4. The summed E-state index contributed by atoms with van der Waals surface area (Å²) in [6.45, 7) is 0.198. The lowest BCUT2D eigenvalue weighted by Crippen LogP contribution is -2.39. The van der Waals surface area contributed by atoms with Gasteiger partial charge in [0, 0.05) is 5.56 Å². The predicted molar refractivity (Wildman–Crippen MR) is 64.7 cm³/mol. The third-order valence-corrected chi connectivity index (χ3v) is 2.62. The molecule has 0 aliphatic rings. The molecule has 21 heavy (non-hydrogen) atoms. The first kappa shape index (κ1) is 16.7. The quantitative estimate of drug-likeness (QED) is 0.287. The molecule has 1 aromatic carbocycles. The highest BCUT2D eigenvalue weighted by molar-refractivity contribution is 5.80. The Hall–Kier alpha value is -2.39. The van der Waals surface area contributed by atoms with Gasteiger partial charge in [0.2, 0.25) is 0 Å². The molecule has 0 saturated heterocycles. The highest BCUT2D eigenvalue weighted by Gasteiger charge is 2.42. The van der Waals surface area contributed by atoms with Crippen LogP contribution in [0.1, 0.15) is 5.56 Å². The molecule has 0 radical (unpaired) electrons. The third kappa shape index (κ3) is 4.04. The van der Waals surface area contributed by atoms with E-state index in [9.17, 15) is 27.7 Å². The fourth-order valence-electron chi connectivity index (χ4n) is 1.49. The Bertz CT molecular complexity index is 575. The SMILES string of the molecule is Cc1cc(OCC(C(=N)N)C(F)(F)F)c(F)cc1[N+](=O)[O-]. The molecule has 0 bridgehead atoms. The smallest absolute Gasteiger partial charge is 0.401 e. The second kappa shape index (κ2) is 5.94. The molecule has 3 N–H and O–H groups in total. The lowest BCUT2D eigenvalue weighted by Gasteiger charge is -2.19. The van der Waals surface area contributed by atoms with Crippen LogP contribution in [0.15, 0.2) is 12.1 Å². The van der Waals surface area contributed by atoms with E-state index in [1.165, 1.54) is 6.92 Å². The molecule has 0 aliphatic heterocycles. The van der Waals surface area contributed by atoms with E-state index < -0.39 is 46.7 Å². The van der Waals surface area contributed by atoms with E-state index in [4.69, 9.17) is 11.1 Å². The number of hydrogen-bond acceptors (Lipinski definition) is 4. The number of nitrogens with two attached hydrogens (primary N) is 1. The van der Waals surface area contributed by atoms with Gasteiger partial charge < -0.3 is 10.5 Å². The summed E-state index contributed by atoms with van der Waals surface area (Å²) in [4.78, 5) is 9.75. The molecular weight excluding hydrogens is 298 g/mol. The molecule has 6 nitrogen and oxygen atoms in total. The average Bonchev–Trinajstić information content (AvgIpc) is 2.30. The minimum atomic E-state index is -4.81. The summed E-state index contributed by atoms with van der Waals surface area (Å²) in [5.74, 6) is -5.29. The second-order valence-electron chi connectivity index (χ2n) is 4.19. The van der Waals surface area contributed by atoms with Crippen LogP contribution >= 0.6 is 0 Å². The number of nitro groups is 1. The molecule has 0 heterocycles. The molecule has 10 heteroatoms. The Morgan fingerprint density at radius 1 is 1.52 bits per heavy atom. The van der Waals surface area contributed by atoms with Crippen LogP contribution in [0.25, 0.3) is 0 Å². The molecule has 0 aliphatic carbocycles. The predicted octanol–water partition coefficient (Wildman–Crippen LogP) is 2.54. The van der Waals surface area contributed by atoms with Crippen LogP contribution in [0.4, 0.5) is 23.2 Å². The van der Waals surface area contributed by atoms with Crippen LogP contribution in [0, 0.1) is 34.2 Å². The average molecular weight is 309 g/mol. The molecule has 0 saturated carbocycles. The summed E-state index contributed by atoms with van der Waals surface area (Å²) in [7, 11) is 0. The maximum atomic E-state index is 13.5. The number of ether oxygens (including phenoxy) is 1. The Morgan fingerprint density at radius 2 is 2.10 bits per heavy atom. The highest BCUT2D eigenvalue weighted by Crippen LogP contribution is 2.30. The van der Waals surface area contributed by atoms with Crippen LogP contribution in [-0.2, 0) is 0 Å². The largest absolute Gasteiger partial charge is 0.489 e. The van der Waals surface area contributed by atoms with Crippen molar-refractivity contribution in [3.63, 3.8) is 0 Å². The number of amidine groups is 1. The fourth-order valence-corrected chi connectivity index (χ4v) is 1.49. The van der Waals surface area contributed by atoms with Gasteiger partial charge in [-0.25, -0.2) is 4.39 Å². The van der Waals surface area contributed by atoms with E-state index in [1.54, 1.807) is 0 Å². The number of alkyl halides is 3. The van der Waals surface area contributed by atoms with Gasteiger partial charge in [0.05, 0.1) is 11.0 Å². The van der Waals surface area contributed by atoms with Gasteiger partial charge in [-0.3, -0.25) is 15.5 Å². The first-order chi connectivity index (χ1) is 9.54. The number of nitrogens with zero attached hydrogens (tertiary/aromatic N) is 1. The molecule has 0 fully saturated rings. The fraction of sp³-hybridized carbons (Fsp3) is 0.364. The van der Waals surface area contributed by atoms with Gasteiger partial charge in [0.1, 0.15) is 18.4 Å². The molecule has 0 spiro atoms. The van der Waals surface area contributed by atoms with Gasteiger partial charge in [0.15, 0.2) is 11.6 Å². The van der Waals surface area contributed by atoms with Crippen molar-refractivity contribution in [3.8, 4) is 5.75 Å². The second-order valence-corrected chi connectivity index (χ2v) is 4.19. The van der Waals surface area contributed by atoms with Crippen molar-refractivity contribution in [3.05, 3.63) is 33.6 Å². The minimum absolute atomic E-state index is 0.0304. The number of hydrogen-bond donors (Lipinski definition) is 2. The van der Waals surface area contributed by atoms with Crippen LogP contribution < -0.4 is 10.5 Å². The van der Waals surface area contributed by atoms with Crippen molar-refractivity contribution in [1.29, 1.82) is 5.41 Å². The summed E-state index contributed by atoms with van der Waals surface area (Å²) in [5.41, 5.74) is 4.33. The van der Waals surface area contributed by atoms with Crippen LogP contribution in [0.5, 0.6) is 5.75 Å². The molecular formula is C11H11F4N3O3. The number of halogens is 4.